The molecular formula is C15H9F6NO3. The van der Waals surface area contributed by atoms with E-state index < -0.39 is 35.5 Å². The molecule has 0 saturated carbocycles. The number of rotatable bonds is 3. The van der Waals surface area contributed by atoms with E-state index in [2.05, 4.69) is 14.5 Å². The largest absolute Gasteiger partial charge is 0.573 e. The number of pyridine rings is 1. The molecule has 0 aliphatic rings. The molecular weight excluding hydrogens is 356 g/mol. The number of alkyl halides is 6. The summed E-state index contributed by atoms with van der Waals surface area (Å²) in [5.74, 6) is -1.89. The molecule has 2 aromatic rings. The molecule has 25 heavy (non-hydrogen) atoms. The van der Waals surface area contributed by atoms with Crippen molar-refractivity contribution in [1.82, 2.24) is 4.98 Å². The Morgan fingerprint density at radius 2 is 1.72 bits per heavy atom. The molecule has 0 atom stereocenters. The van der Waals surface area contributed by atoms with E-state index in [4.69, 9.17) is 0 Å². The van der Waals surface area contributed by atoms with Gasteiger partial charge in [-0.2, -0.15) is 13.2 Å². The van der Waals surface area contributed by atoms with Gasteiger partial charge in [-0.25, -0.2) is 9.78 Å². The first-order valence-corrected chi connectivity index (χ1v) is 6.53. The number of benzene rings is 1. The molecule has 1 aromatic carbocycles. The number of carbonyl (C=O) groups excluding carboxylic acids is 1. The van der Waals surface area contributed by atoms with Crippen LogP contribution in [0.15, 0.2) is 36.5 Å². The van der Waals surface area contributed by atoms with Crippen LogP contribution in [-0.4, -0.2) is 24.4 Å². The van der Waals surface area contributed by atoms with Crippen molar-refractivity contribution in [3.63, 3.8) is 0 Å². The normalized spacial score (nSPS) is 12.0. The first-order valence-electron chi connectivity index (χ1n) is 6.53. The zero-order valence-electron chi connectivity index (χ0n) is 12.4. The van der Waals surface area contributed by atoms with Crippen molar-refractivity contribution < 1.29 is 40.6 Å². The molecule has 0 unspecified atom stereocenters. The number of nitrogens with zero attached hydrogens (tertiary/aromatic N) is 1. The van der Waals surface area contributed by atoms with Crippen LogP contribution in [0.4, 0.5) is 26.3 Å². The molecule has 0 radical (unpaired) electrons. The van der Waals surface area contributed by atoms with Gasteiger partial charge >= 0.3 is 18.5 Å². The molecule has 0 amide bonds. The summed E-state index contributed by atoms with van der Waals surface area (Å²) in [6.45, 7) is 0. The smallest absolute Gasteiger partial charge is 0.464 e. The van der Waals surface area contributed by atoms with E-state index in [1.165, 1.54) is 12.1 Å². The van der Waals surface area contributed by atoms with E-state index >= 15 is 0 Å². The molecule has 1 aromatic heterocycles. The minimum atomic E-state index is -4.94. The summed E-state index contributed by atoms with van der Waals surface area (Å²) in [6.07, 6.45) is -8.93. The predicted octanol–water partition coefficient (Wildman–Crippen LogP) is 4.45. The highest BCUT2D eigenvalue weighted by Gasteiger charge is 2.37. The monoisotopic (exact) mass is 365 g/mol. The summed E-state index contributed by atoms with van der Waals surface area (Å²) < 4.78 is 84.1. The summed E-state index contributed by atoms with van der Waals surface area (Å²) in [5.41, 5.74) is -2.45. The number of hydrogen-bond acceptors (Lipinski definition) is 4. The van der Waals surface area contributed by atoms with Crippen LogP contribution in [0.25, 0.3) is 11.1 Å². The summed E-state index contributed by atoms with van der Waals surface area (Å²) in [6, 6.07) is 4.96. The third-order valence-corrected chi connectivity index (χ3v) is 2.97. The van der Waals surface area contributed by atoms with Gasteiger partial charge in [-0.1, -0.05) is 12.1 Å². The maximum absolute atomic E-state index is 13.1. The van der Waals surface area contributed by atoms with Crippen LogP contribution < -0.4 is 4.74 Å². The van der Waals surface area contributed by atoms with Crippen molar-refractivity contribution in [2.45, 2.75) is 12.5 Å². The van der Waals surface area contributed by atoms with Crippen molar-refractivity contribution in [3.8, 4) is 16.9 Å². The molecule has 0 aliphatic heterocycles. The quantitative estimate of drug-likeness (QED) is 0.596. The predicted molar refractivity (Wildman–Crippen MR) is 72.7 cm³/mol. The van der Waals surface area contributed by atoms with Crippen LogP contribution in [0.2, 0.25) is 0 Å². The minimum absolute atomic E-state index is 0.00355. The molecule has 0 fully saturated rings. The lowest BCUT2D eigenvalue weighted by Crippen LogP contribution is -2.17. The second kappa shape index (κ2) is 6.61. The molecule has 0 N–H and O–H groups in total. The highest BCUT2D eigenvalue weighted by Crippen LogP contribution is 2.35. The van der Waals surface area contributed by atoms with E-state index in [0.29, 0.717) is 6.07 Å². The molecule has 1 heterocycles. The first kappa shape index (κ1) is 18.6. The third kappa shape index (κ3) is 4.61. The Morgan fingerprint density at radius 3 is 2.28 bits per heavy atom. The fourth-order valence-electron chi connectivity index (χ4n) is 1.97. The van der Waals surface area contributed by atoms with Crippen molar-refractivity contribution in [2.24, 2.45) is 0 Å². The Kier molecular flexibility index (Phi) is 4.91. The van der Waals surface area contributed by atoms with Gasteiger partial charge in [0.2, 0.25) is 0 Å². The molecule has 4 nitrogen and oxygen atoms in total. The fraction of sp³-hybridized carbons (Fsp3) is 0.200. The average Bonchev–Trinajstić information content (AvgIpc) is 2.51. The van der Waals surface area contributed by atoms with E-state index in [9.17, 15) is 31.1 Å². The van der Waals surface area contributed by atoms with Crippen molar-refractivity contribution in [1.29, 1.82) is 0 Å². The molecule has 0 saturated heterocycles. The standard InChI is InChI=1S/C15H9F6NO3/c1-24-13(23)12-11(14(16,17)18)6-9(7-22-12)8-3-2-4-10(5-8)25-15(19,20)21/h2-7H,1H3. The number of aromatic nitrogens is 1. The van der Waals surface area contributed by atoms with Crippen LogP contribution in [-0.2, 0) is 10.9 Å². The summed E-state index contributed by atoms with van der Waals surface area (Å²) in [4.78, 5) is 14.8. The summed E-state index contributed by atoms with van der Waals surface area (Å²) >= 11 is 0. The van der Waals surface area contributed by atoms with Gasteiger partial charge in [0.25, 0.3) is 0 Å². The average molecular weight is 365 g/mol. The minimum Gasteiger partial charge on any atom is -0.464 e. The second-order valence-corrected chi connectivity index (χ2v) is 4.69. The summed E-state index contributed by atoms with van der Waals surface area (Å²) in [5, 5.41) is 0. The van der Waals surface area contributed by atoms with Crippen LogP contribution in [0, 0.1) is 0 Å². The molecule has 0 bridgehead atoms. The third-order valence-electron chi connectivity index (χ3n) is 2.97. The topological polar surface area (TPSA) is 48.4 Å². The fourth-order valence-corrected chi connectivity index (χ4v) is 1.97. The van der Waals surface area contributed by atoms with Gasteiger partial charge in [0.1, 0.15) is 5.75 Å². The summed E-state index contributed by atoms with van der Waals surface area (Å²) in [7, 11) is 0.899. The number of esters is 1. The van der Waals surface area contributed by atoms with Crippen LogP contribution in [0.5, 0.6) is 5.75 Å². The number of methoxy groups -OCH3 is 1. The number of carbonyl (C=O) groups is 1. The number of halogens is 6. The lowest BCUT2D eigenvalue weighted by atomic mass is 10.0. The van der Waals surface area contributed by atoms with Crippen LogP contribution >= 0.6 is 0 Å². The number of ether oxygens (including phenoxy) is 2. The van der Waals surface area contributed by atoms with E-state index in [-0.39, 0.29) is 11.1 Å². The van der Waals surface area contributed by atoms with Crippen molar-refractivity contribution in [2.75, 3.05) is 7.11 Å². The zero-order valence-corrected chi connectivity index (χ0v) is 12.4. The van der Waals surface area contributed by atoms with E-state index in [1.54, 1.807) is 0 Å². The van der Waals surface area contributed by atoms with Crippen molar-refractivity contribution in [3.05, 3.63) is 47.8 Å². The molecule has 10 heteroatoms. The van der Waals surface area contributed by atoms with Gasteiger partial charge in [0.05, 0.1) is 12.7 Å². The highest BCUT2D eigenvalue weighted by molar-refractivity contribution is 5.89. The Morgan fingerprint density at radius 1 is 1.04 bits per heavy atom. The second-order valence-electron chi connectivity index (χ2n) is 4.69. The lowest BCUT2D eigenvalue weighted by molar-refractivity contribution is -0.274. The molecule has 134 valence electrons. The maximum atomic E-state index is 13.1. The maximum Gasteiger partial charge on any atom is 0.573 e. The molecule has 2 rings (SSSR count). The number of hydrogen-bond donors (Lipinski definition) is 0. The van der Waals surface area contributed by atoms with Gasteiger partial charge in [-0.05, 0) is 23.8 Å². The molecule has 0 aliphatic carbocycles. The van der Waals surface area contributed by atoms with Crippen molar-refractivity contribution >= 4 is 5.97 Å². The van der Waals surface area contributed by atoms with E-state index in [0.717, 1.165) is 25.4 Å². The Labute approximate surface area is 137 Å². The Balaban J connectivity index is 2.50. The SMILES string of the molecule is COC(=O)c1ncc(-c2cccc(OC(F)(F)F)c2)cc1C(F)(F)F. The van der Waals surface area contributed by atoms with Gasteiger partial charge < -0.3 is 9.47 Å². The van der Waals surface area contributed by atoms with Gasteiger partial charge in [0, 0.05) is 11.8 Å². The van der Waals surface area contributed by atoms with Crippen LogP contribution in [0.3, 0.4) is 0 Å². The van der Waals surface area contributed by atoms with Crippen LogP contribution in [0.1, 0.15) is 16.1 Å². The van der Waals surface area contributed by atoms with Gasteiger partial charge in [0.15, 0.2) is 5.69 Å². The van der Waals surface area contributed by atoms with Gasteiger partial charge in [-0.3, -0.25) is 0 Å². The zero-order chi connectivity index (χ0) is 18.8. The lowest BCUT2D eigenvalue weighted by Gasteiger charge is -2.13. The Bertz CT molecular complexity index is 786. The van der Waals surface area contributed by atoms with E-state index in [1.807, 2.05) is 0 Å². The highest BCUT2D eigenvalue weighted by atomic mass is 19.4. The molecule has 0 spiro atoms. The van der Waals surface area contributed by atoms with Gasteiger partial charge in [-0.15, -0.1) is 13.2 Å². The first-order chi connectivity index (χ1) is 11.5. The Hall–Kier alpha value is -2.78.